The lowest BCUT2D eigenvalue weighted by Crippen LogP contribution is -2.33. The summed E-state index contributed by atoms with van der Waals surface area (Å²) in [5, 5.41) is 3.67. The van der Waals surface area contributed by atoms with Gasteiger partial charge in [0, 0.05) is 25.2 Å². The molecule has 0 bridgehead atoms. The summed E-state index contributed by atoms with van der Waals surface area (Å²) < 4.78 is 5.46. The number of halogens is 2. The SMILES string of the molecule is CNCCN(C)C(=O)CCOc1ccc(Cl)cc1.Cl. The van der Waals surface area contributed by atoms with E-state index in [2.05, 4.69) is 5.32 Å². The number of hydrogen-bond donors (Lipinski definition) is 1. The quantitative estimate of drug-likeness (QED) is 0.840. The molecule has 1 aromatic rings. The minimum absolute atomic E-state index is 0. The van der Waals surface area contributed by atoms with Crippen LogP contribution in [-0.4, -0.2) is 44.6 Å². The molecule has 0 heterocycles. The number of nitrogens with one attached hydrogen (secondary N) is 1. The van der Waals surface area contributed by atoms with Gasteiger partial charge in [-0.15, -0.1) is 12.4 Å². The van der Waals surface area contributed by atoms with Gasteiger partial charge in [-0.1, -0.05) is 11.6 Å². The van der Waals surface area contributed by atoms with Crippen LogP contribution in [0.3, 0.4) is 0 Å². The lowest BCUT2D eigenvalue weighted by molar-refractivity contribution is -0.130. The zero-order valence-corrected chi connectivity index (χ0v) is 12.8. The van der Waals surface area contributed by atoms with Crippen LogP contribution in [0.15, 0.2) is 24.3 Å². The monoisotopic (exact) mass is 306 g/mol. The first-order chi connectivity index (χ1) is 8.63. The molecule has 1 N–H and O–H groups in total. The molecule has 1 rings (SSSR count). The molecule has 0 fully saturated rings. The Hall–Kier alpha value is -0.970. The minimum atomic E-state index is 0. The number of carbonyl (C=O) groups is 1. The topological polar surface area (TPSA) is 41.6 Å². The van der Waals surface area contributed by atoms with Gasteiger partial charge in [-0.25, -0.2) is 0 Å². The summed E-state index contributed by atoms with van der Waals surface area (Å²) in [6, 6.07) is 7.10. The third-order valence-corrected chi connectivity index (χ3v) is 2.77. The Bertz CT molecular complexity index is 371. The number of nitrogens with zero attached hydrogens (tertiary/aromatic N) is 1. The molecule has 0 atom stereocenters. The average Bonchev–Trinajstić information content (AvgIpc) is 2.38. The fraction of sp³-hybridized carbons (Fsp3) is 0.462. The van der Waals surface area contributed by atoms with E-state index in [1.807, 2.05) is 7.05 Å². The molecule has 1 aromatic carbocycles. The van der Waals surface area contributed by atoms with Crippen molar-refractivity contribution < 1.29 is 9.53 Å². The molecule has 0 aliphatic carbocycles. The van der Waals surface area contributed by atoms with Crippen molar-refractivity contribution in [3.8, 4) is 5.75 Å². The smallest absolute Gasteiger partial charge is 0.225 e. The minimum Gasteiger partial charge on any atom is -0.493 e. The molecule has 0 aromatic heterocycles. The van der Waals surface area contributed by atoms with Crippen molar-refractivity contribution in [2.24, 2.45) is 0 Å². The maximum absolute atomic E-state index is 11.7. The lowest BCUT2D eigenvalue weighted by atomic mass is 10.3. The van der Waals surface area contributed by atoms with E-state index in [1.165, 1.54) is 0 Å². The van der Waals surface area contributed by atoms with Crippen LogP contribution in [0.5, 0.6) is 5.75 Å². The molecule has 1 amide bonds. The van der Waals surface area contributed by atoms with Crippen LogP contribution in [-0.2, 0) is 4.79 Å². The van der Waals surface area contributed by atoms with Gasteiger partial charge in [0.2, 0.25) is 5.91 Å². The van der Waals surface area contributed by atoms with E-state index in [1.54, 1.807) is 36.2 Å². The highest BCUT2D eigenvalue weighted by Crippen LogP contribution is 2.15. The molecular formula is C13H20Cl2N2O2. The van der Waals surface area contributed by atoms with Crippen LogP contribution in [0, 0.1) is 0 Å². The van der Waals surface area contributed by atoms with Crippen LogP contribution < -0.4 is 10.1 Å². The highest BCUT2D eigenvalue weighted by atomic mass is 35.5. The summed E-state index contributed by atoms with van der Waals surface area (Å²) in [6.07, 6.45) is 0.378. The lowest BCUT2D eigenvalue weighted by Gasteiger charge is -2.16. The number of rotatable bonds is 7. The Labute approximate surface area is 125 Å². The van der Waals surface area contributed by atoms with Crippen molar-refractivity contribution in [1.82, 2.24) is 10.2 Å². The molecule has 0 unspecified atom stereocenters. The summed E-state index contributed by atoms with van der Waals surface area (Å²) in [5.74, 6) is 0.810. The van der Waals surface area contributed by atoms with Crippen molar-refractivity contribution in [3.05, 3.63) is 29.3 Å². The molecule has 0 aliphatic heterocycles. The van der Waals surface area contributed by atoms with Crippen LogP contribution in [0.2, 0.25) is 5.02 Å². The van der Waals surface area contributed by atoms with Gasteiger partial charge >= 0.3 is 0 Å². The van der Waals surface area contributed by atoms with E-state index in [9.17, 15) is 4.79 Å². The van der Waals surface area contributed by atoms with Crippen molar-refractivity contribution >= 4 is 29.9 Å². The van der Waals surface area contributed by atoms with Gasteiger partial charge in [-0.05, 0) is 31.3 Å². The molecule has 0 aliphatic rings. The number of likely N-dealkylation sites (N-methyl/N-ethyl adjacent to an activating group) is 2. The predicted octanol–water partition coefficient (Wildman–Crippen LogP) is 2.21. The first-order valence-corrected chi connectivity index (χ1v) is 6.28. The highest BCUT2D eigenvalue weighted by molar-refractivity contribution is 6.30. The number of ether oxygens (including phenoxy) is 1. The van der Waals surface area contributed by atoms with E-state index in [0.717, 1.165) is 12.3 Å². The summed E-state index contributed by atoms with van der Waals surface area (Å²) >= 11 is 5.76. The van der Waals surface area contributed by atoms with Gasteiger partial charge in [0.1, 0.15) is 5.75 Å². The molecule has 0 spiro atoms. The number of carbonyl (C=O) groups excluding carboxylic acids is 1. The number of benzene rings is 1. The van der Waals surface area contributed by atoms with Crippen molar-refractivity contribution in [1.29, 1.82) is 0 Å². The molecular weight excluding hydrogens is 287 g/mol. The van der Waals surface area contributed by atoms with Crippen LogP contribution in [0.4, 0.5) is 0 Å². The van der Waals surface area contributed by atoms with Gasteiger partial charge in [0.05, 0.1) is 13.0 Å². The second-order valence-electron chi connectivity index (χ2n) is 3.97. The molecule has 4 nitrogen and oxygen atoms in total. The maximum Gasteiger partial charge on any atom is 0.225 e. The van der Waals surface area contributed by atoms with Gasteiger partial charge in [0.25, 0.3) is 0 Å². The van der Waals surface area contributed by atoms with E-state index < -0.39 is 0 Å². The average molecular weight is 307 g/mol. The third-order valence-electron chi connectivity index (χ3n) is 2.52. The van der Waals surface area contributed by atoms with E-state index >= 15 is 0 Å². The largest absolute Gasteiger partial charge is 0.493 e. The van der Waals surface area contributed by atoms with Gasteiger partial charge < -0.3 is 15.0 Å². The zero-order valence-electron chi connectivity index (χ0n) is 11.2. The Morgan fingerprint density at radius 2 is 2.00 bits per heavy atom. The molecule has 0 radical (unpaired) electrons. The van der Waals surface area contributed by atoms with E-state index in [-0.39, 0.29) is 18.3 Å². The third kappa shape index (κ3) is 7.25. The molecule has 0 saturated carbocycles. The standard InChI is InChI=1S/C13H19ClN2O2.ClH/c1-15-8-9-16(2)13(17)7-10-18-12-5-3-11(14)4-6-12;/h3-6,15H,7-10H2,1-2H3;1H. The van der Waals surface area contributed by atoms with E-state index in [4.69, 9.17) is 16.3 Å². The van der Waals surface area contributed by atoms with Gasteiger partial charge in [-0.3, -0.25) is 4.79 Å². The van der Waals surface area contributed by atoms with Crippen LogP contribution in [0.1, 0.15) is 6.42 Å². The summed E-state index contributed by atoms with van der Waals surface area (Å²) in [4.78, 5) is 13.4. The Balaban J connectivity index is 0.00000324. The van der Waals surface area contributed by atoms with Gasteiger partial charge in [-0.2, -0.15) is 0 Å². The summed E-state index contributed by atoms with van der Waals surface area (Å²) in [6.45, 7) is 1.88. The second kappa shape index (κ2) is 9.89. The zero-order chi connectivity index (χ0) is 13.4. The Morgan fingerprint density at radius 1 is 1.37 bits per heavy atom. The summed E-state index contributed by atoms with van der Waals surface area (Å²) in [5.41, 5.74) is 0. The second-order valence-corrected chi connectivity index (χ2v) is 4.41. The summed E-state index contributed by atoms with van der Waals surface area (Å²) in [7, 11) is 3.66. The van der Waals surface area contributed by atoms with Crippen molar-refractivity contribution in [3.63, 3.8) is 0 Å². The molecule has 19 heavy (non-hydrogen) atoms. The van der Waals surface area contributed by atoms with Gasteiger partial charge in [0.15, 0.2) is 0 Å². The maximum atomic E-state index is 11.7. The first-order valence-electron chi connectivity index (χ1n) is 5.90. The van der Waals surface area contributed by atoms with Crippen LogP contribution >= 0.6 is 24.0 Å². The van der Waals surface area contributed by atoms with E-state index in [0.29, 0.717) is 24.6 Å². The highest BCUT2D eigenvalue weighted by Gasteiger charge is 2.07. The fourth-order valence-electron chi connectivity index (χ4n) is 1.38. The number of hydrogen-bond acceptors (Lipinski definition) is 3. The number of amides is 1. The molecule has 0 saturated heterocycles. The normalized spacial score (nSPS) is 9.63. The Kier molecular flexibility index (Phi) is 9.39. The fourth-order valence-corrected chi connectivity index (χ4v) is 1.51. The Morgan fingerprint density at radius 3 is 2.58 bits per heavy atom. The molecule has 108 valence electrons. The van der Waals surface area contributed by atoms with Crippen LogP contribution in [0.25, 0.3) is 0 Å². The van der Waals surface area contributed by atoms with Crippen molar-refractivity contribution in [2.75, 3.05) is 33.8 Å². The first kappa shape index (κ1) is 18.0. The van der Waals surface area contributed by atoms with Crippen molar-refractivity contribution in [2.45, 2.75) is 6.42 Å². The predicted molar refractivity (Wildman–Crippen MR) is 80.4 cm³/mol. The molecule has 6 heteroatoms.